The molecule has 2 rings (SSSR count). The van der Waals surface area contributed by atoms with Gasteiger partial charge in [-0.2, -0.15) is 0 Å². The summed E-state index contributed by atoms with van der Waals surface area (Å²) in [4.78, 5) is 11.4. The minimum absolute atomic E-state index is 0.0690. The molecule has 1 heterocycles. The molecule has 8 nitrogen and oxygen atoms in total. The van der Waals surface area contributed by atoms with Gasteiger partial charge < -0.3 is 19.5 Å². The normalized spacial score (nSPS) is 14.0. The molecule has 2 N–H and O–H groups in total. The van der Waals surface area contributed by atoms with Crippen LogP contribution in [0.2, 0.25) is 0 Å². The molecule has 1 aliphatic heterocycles. The minimum Gasteiger partial charge on any atom is -0.482 e. The van der Waals surface area contributed by atoms with Crippen molar-refractivity contribution in [2.75, 3.05) is 45.4 Å². The van der Waals surface area contributed by atoms with Crippen molar-refractivity contribution in [2.45, 2.75) is 11.3 Å². The first-order valence-corrected chi connectivity index (χ1v) is 8.64. The second kappa shape index (κ2) is 8.25. The van der Waals surface area contributed by atoms with Crippen molar-refractivity contribution < 1.29 is 27.4 Å². The Morgan fingerprint density at radius 3 is 2.91 bits per heavy atom. The lowest BCUT2D eigenvalue weighted by Gasteiger charge is -2.18. The maximum absolute atomic E-state index is 12.2. The van der Waals surface area contributed by atoms with Crippen LogP contribution in [-0.2, 0) is 24.3 Å². The van der Waals surface area contributed by atoms with E-state index in [0.29, 0.717) is 37.7 Å². The summed E-state index contributed by atoms with van der Waals surface area (Å²) in [6.07, 6.45) is 0.549. The average Bonchev–Trinajstić information content (AvgIpc) is 2.53. The maximum Gasteiger partial charge on any atom is 0.262 e. The van der Waals surface area contributed by atoms with Crippen molar-refractivity contribution in [1.82, 2.24) is 4.72 Å². The van der Waals surface area contributed by atoms with Crippen LogP contribution >= 0.6 is 0 Å². The monoisotopic (exact) mass is 344 g/mol. The van der Waals surface area contributed by atoms with E-state index in [9.17, 15) is 13.2 Å². The quantitative estimate of drug-likeness (QED) is 0.627. The molecule has 1 aliphatic rings. The van der Waals surface area contributed by atoms with Gasteiger partial charge in [0, 0.05) is 20.3 Å². The summed E-state index contributed by atoms with van der Waals surface area (Å²) in [6, 6.07) is 4.34. The van der Waals surface area contributed by atoms with Gasteiger partial charge in [-0.15, -0.1) is 0 Å². The lowest BCUT2D eigenvalue weighted by atomic mass is 10.2. The van der Waals surface area contributed by atoms with Crippen molar-refractivity contribution in [1.29, 1.82) is 0 Å². The molecule has 0 saturated carbocycles. The van der Waals surface area contributed by atoms with Crippen LogP contribution in [0.3, 0.4) is 0 Å². The van der Waals surface area contributed by atoms with Gasteiger partial charge in [-0.25, -0.2) is 13.1 Å². The zero-order valence-corrected chi connectivity index (χ0v) is 13.6. The molecule has 0 radical (unpaired) electrons. The summed E-state index contributed by atoms with van der Waals surface area (Å²) in [5, 5.41) is 2.58. The third kappa shape index (κ3) is 5.17. The first-order valence-electron chi connectivity index (χ1n) is 7.16. The predicted octanol–water partition coefficient (Wildman–Crippen LogP) is 0.349. The van der Waals surface area contributed by atoms with Gasteiger partial charge in [0.15, 0.2) is 6.61 Å². The summed E-state index contributed by atoms with van der Waals surface area (Å²) in [7, 11) is -2.06. The van der Waals surface area contributed by atoms with Crippen LogP contribution in [0.5, 0.6) is 5.75 Å². The fourth-order valence-corrected chi connectivity index (χ4v) is 3.04. The molecule has 0 fully saturated rings. The van der Waals surface area contributed by atoms with Gasteiger partial charge in [0.2, 0.25) is 10.0 Å². The van der Waals surface area contributed by atoms with E-state index in [1.54, 1.807) is 7.11 Å². The van der Waals surface area contributed by atoms with E-state index in [1.807, 2.05) is 0 Å². The van der Waals surface area contributed by atoms with Gasteiger partial charge in [-0.05, 0) is 24.6 Å². The molecule has 23 heavy (non-hydrogen) atoms. The lowest BCUT2D eigenvalue weighted by Crippen LogP contribution is -2.28. The van der Waals surface area contributed by atoms with E-state index in [1.165, 1.54) is 18.2 Å². The smallest absolute Gasteiger partial charge is 0.262 e. The highest BCUT2D eigenvalue weighted by atomic mass is 32.2. The number of ether oxygens (including phenoxy) is 3. The van der Waals surface area contributed by atoms with Crippen LogP contribution in [0.25, 0.3) is 0 Å². The summed E-state index contributed by atoms with van der Waals surface area (Å²) in [6.45, 7) is 1.62. The fraction of sp³-hybridized carbons (Fsp3) is 0.500. The van der Waals surface area contributed by atoms with Crippen molar-refractivity contribution in [3.63, 3.8) is 0 Å². The molecule has 128 valence electrons. The number of hydrogen-bond donors (Lipinski definition) is 2. The lowest BCUT2D eigenvalue weighted by molar-refractivity contribution is -0.118. The second-order valence-electron chi connectivity index (χ2n) is 4.85. The Labute approximate surface area is 135 Å². The Hall–Kier alpha value is -1.68. The molecule has 1 aromatic rings. The highest BCUT2D eigenvalue weighted by Crippen LogP contribution is 2.29. The zero-order chi connectivity index (χ0) is 16.7. The highest BCUT2D eigenvalue weighted by Gasteiger charge is 2.20. The van der Waals surface area contributed by atoms with Gasteiger partial charge >= 0.3 is 0 Å². The predicted molar refractivity (Wildman–Crippen MR) is 83.1 cm³/mol. The maximum atomic E-state index is 12.2. The third-order valence-corrected chi connectivity index (χ3v) is 4.54. The summed E-state index contributed by atoms with van der Waals surface area (Å²) in [5.41, 5.74) is 0.354. The number of hydrogen-bond acceptors (Lipinski definition) is 6. The van der Waals surface area contributed by atoms with Gasteiger partial charge in [0.05, 0.1) is 23.8 Å². The van der Waals surface area contributed by atoms with E-state index in [-0.39, 0.29) is 24.0 Å². The van der Waals surface area contributed by atoms with Crippen LogP contribution in [0.15, 0.2) is 23.1 Å². The number of rotatable bonds is 9. The van der Waals surface area contributed by atoms with Gasteiger partial charge in [-0.3, -0.25) is 4.79 Å². The van der Waals surface area contributed by atoms with E-state index >= 15 is 0 Å². The van der Waals surface area contributed by atoms with Crippen LogP contribution in [0.1, 0.15) is 6.42 Å². The molecular weight excluding hydrogens is 324 g/mol. The number of benzene rings is 1. The van der Waals surface area contributed by atoms with Crippen LogP contribution in [0.4, 0.5) is 5.69 Å². The molecular formula is C14H20N2O6S. The number of carbonyl (C=O) groups excluding carboxylic acids is 1. The Morgan fingerprint density at radius 1 is 1.30 bits per heavy atom. The third-order valence-electron chi connectivity index (χ3n) is 3.08. The summed E-state index contributed by atoms with van der Waals surface area (Å²) in [5.74, 6) is 0.142. The topological polar surface area (TPSA) is 103 Å². The molecule has 0 aliphatic carbocycles. The van der Waals surface area contributed by atoms with Gasteiger partial charge in [0.1, 0.15) is 5.75 Å². The first kappa shape index (κ1) is 17.7. The molecule has 0 bridgehead atoms. The first-order chi connectivity index (χ1) is 11.0. The van der Waals surface area contributed by atoms with E-state index < -0.39 is 10.0 Å². The average molecular weight is 344 g/mol. The van der Waals surface area contributed by atoms with E-state index in [0.717, 1.165) is 0 Å². The van der Waals surface area contributed by atoms with Crippen molar-refractivity contribution in [2.24, 2.45) is 0 Å². The number of carbonyl (C=O) groups is 1. The molecule has 9 heteroatoms. The number of sulfonamides is 1. The SMILES string of the molecule is COCCOCCCNS(=O)(=O)c1ccc2c(c1)NC(=O)CO2. The van der Waals surface area contributed by atoms with Crippen molar-refractivity contribution >= 4 is 21.6 Å². The highest BCUT2D eigenvalue weighted by molar-refractivity contribution is 7.89. The molecule has 1 amide bonds. The number of methoxy groups -OCH3 is 1. The van der Waals surface area contributed by atoms with Gasteiger partial charge in [-0.1, -0.05) is 0 Å². The Kier molecular flexibility index (Phi) is 6.34. The number of anilines is 1. The number of nitrogens with one attached hydrogen (secondary N) is 2. The van der Waals surface area contributed by atoms with Crippen molar-refractivity contribution in [3.8, 4) is 5.75 Å². The van der Waals surface area contributed by atoms with E-state index in [4.69, 9.17) is 14.2 Å². The van der Waals surface area contributed by atoms with Crippen LogP contribution in [0, 0.1) is 0 Å². The largest absolute Gasteiger partial charge is 0.482 e. The number of amides is 1. The molecule has 0 saturated heterocycles. The van der Waals surface area contributed by atoms with Crippen LogP contribution < -0.4 is 14.8 Å². The van der Waals surface area contributed by atoms with Crippen LogP contribution in [-0.4, -0.2) is 54.4 Å². The fourth-order valence-electron chi connectivity index (χ4n) is 1.94. The summed E-state index contributed by atoms with van der Waals surface area (Å²) >= 11 is 0. The molecule has 0 unspecified atom stereocenters. The van der Waals surface area contributed by atoms with Crippen molar-refractivity contribution in [3.05, 3.63) is 18.2 Å². The molecule has 1 aromatic carbocycles. The summed E-state index contributed by atoms with van der Waals surface area (Å²) < 4.78 is 42.2. The Bertz CT molecular complexity index is 647. The zero-order valence-electron chi connectivity index (χ0n) is 12.8. The Morgan fingerprint density at radius 2 is 2.13 bits per heavy atom. The number of fused-ring (bicyclic) bond motifs is 1. The molecule has 0 aromatic heterocycles. The van der Waals surface area contributed by atoms with Gasteiger partial charge in [0.25, 0.3) is 5.91 Å². The minimum atomic E-state index is -3.65. The molecule has 0 atom stereocenters. The second-order valence-corrected chi connectivity index (χ2v) is 6.62. The van der Waals surface area contributed by atoms with E-state index in [2.05, 4.69) is 10.0 Å². The molecule has 0 spiro atoms. The Balaban J connectivity index is 1.87. The standard InChI is InChI=1S/C14H20N2O6S/c1-20-7-8-21-6-2-5-15-23(18,19)11-3-4-13-12(9-11)16-14(17)10-22-13/h3-4,9,15H,2,5-8,10H2,1H3,(H,16,17).